The summed E-state index contributed by atoms with van der Waals surface area (Å²) in [7, 11) is 0. The van der Waals surface area contributed by atoms with E-state index >= 15 is 0 Å². The Morgan fingerprint density at radius 1 is 0.696 bits per heavy atom. The van der Waals surface area contributed by atoms with Crippen LogP contribution in [0.5, 0.6) is 11.5 Å². The normalized spacial score (nSPS) is 10.8. The number of aliphatic hydroxyl groups is 3. The largest absolute Gasteiger partial charge is 0.508 e. The lowest BCUT2D eigenvalue weighted by Gasteiger charge is -2.20. The van der Waals surface area contributed by atoms with Gasteiger partial charge in [0.25, 0.3) is 0 Å². The molecule has 2 rings (SSSR count). The second-order valence-corrected chi connectivity index (χ2v) is 5.72. The second kappa shape index (κ2) is 9.15. The molecule has 0 fully saturated rings. The summed E-state index contributed by atoms with van der Waals surface area (Å²) in [5.74, 6) is 0.529. The van der Waals surface area contributed by atoms with Crippen molar-refractivity contribution in [1.82, 2.24) is 0 Å². The zero-order valence-corrected chi connectivity index (χ0v) is 13.2. The van der Waals surface area contributed by atoms with Gasteiger partial charge in [0, 0.05) is 11.8 Å². The van der Waals surface area contributed by atoms with Gasteiger partial charge in [0.05, 0.1) is 19.8 Å². The van der Waals surface area contributed by atoms with Crippen LogP contribution in [0.3, 0.4) is 0 Å². The monoisotopic (exact) mass is 320 g/mol. The van der Waals surface area contributed by atoms with Gasteiger partial charge in [0.1, 0.15) is 11.5 Å². The molecule has 0 aliphatic rings. The average molecular weight is 320 g/mol. The van der Waals surface area contributed by atoms with E-state index in [0.29, 0.717) is 6.42 Å². The van der Waals surface area contributed by atoms with Crippen molar-refractivity contribution in [2.24, 2.45) is 5.41 Å². The Hall–Kier alpha value is -2.08. The molecule has 5 nitrogen and oxygen atoms in total. The molecule has 0 bridgehead atoms. The van der Waals surface area contributed by atoms with E-state index in [1.54, 1.807) is 31.2 Å². The standard InChI is InChI=1S/C13H12O2.C5H12O3/c14-12-7-3-1-5-10(12)9-11-6-2-4-8-13(11)15;1-5(2-6,3-7)4-8/h1-8,14-15H,9H2;6-8H,2-4H2,1H3. The van der Waals surface area contributed by atoms with Crippen LogP contribution in [0.15, 0.2) is 48.5 Å². The fourth-order valence-corrected chi connectivity index (χ4v) is 1.68. The van der Waals surface area contributed by atoms with Gasteiger partial charge in [-0.15, -0.1) is 0 Å². The van der Waals surface area contributed by atoms with Crippen molar-refractivity contribution in [2.75, 3.05) is 19.8 Å². The van der Waals surface area contributed by atoms with Crippen LogP contribution in [-0.4, -0.2) is 45.4 Å². The molecule has 0 heterocycles. The number of hydrogen-bond donors (Lipinski definition) is 5. The molecule has 2 aromatic rings. The maximum Gasteiger partial charge on any atom is 0.119 e. The van der Waals surface area contributed by atoms with E-state index in [-0.39, 0.29) is 31.3 Å². The first-order valence-corrected chi connectivity index (χ1v) is 7.32. The van der Waals surface area contributed by atoms with Crippen molar-refractivity contribution < 1.29 is 25.5 Å². The molecule has 0 saturated carbocycles. The molecule has 0 spiro atoms. The highest BCUT2D eigenvalue weighted by Gasteiger charge is 2.20. The molecule has 0 atom stereocenters. The minimum atomic E-state index is -0.708. The van der Waals surface area contributed by atoms with Crippen molar-refractivity contribution >= 4 is 0 Å². The van der Waals surface area contributed by atoms with Crippen LogP contribution in [0.1, 0.15) is 18.1 Å². The summed E-state index contributed by atoms with van der Waals surface area (Å²) in [4.78, 5) is 0. The first-order valence-electron chi connectivity index (χ1n) is 7.32. The zero-order chi connectivity index (χ0) is 17.3. The van der Waals surface area contributed by atoms with Gasteiger partial charge >= 0.3 is 0 Å². The van der Waals surface area contributed by atoms with Crippen LogP contribution in [0.25, 0.3) is 0 Å². The van der Waals surface area contributed by atoms with Crippen LogP contribution in [0.2, 0.25) is 0 Å². The van der Waals surface area contributed by atoms with Crippen LogP contribution >= 0.6 is 0 Å². The molecule has 5 N–H and O–H groups in total. The van der Waals surface area contributed by atoms with E-state index in [9.17, 15) is 10.2 Å². The first-order chi connectivity index (χ1) is 11.0. The molecule has 126 valence electrons. The van der Waals surface area contributed by atoms with Crippen molar-refractivity contribution in [2.45, 2.75) is 13.3 Å². The second-order valence-electron chi connectivity index (χ2n) is 5.72. The summed E-state index contributed by atoms with van der Waals surface area (Å²) in [6.45, 7) is 1.06. The zero-order valence-electron chi connectivity index (χ0n) is 13.2. The topological polar surface area (TPSA) is 101 Å². The van der Waals surface area contributed by atoms with Gasteiger partial charge in [0.2, 0.25) is 0 Å². The predicted octanol–water partition coefficient (Wildman–Crippen LogP) is 1.66. The summed E-state index contributed by atoms with van der Waals surface area (Å²) in [6, 6.07) is 14.3. The summed E-state index contributed by atoms with van der Waals surface area (Å²) in [5.41, 5.74) is 0.929. The van der Waals surface area contributed by atoms with Crippen molar-refractivity contribution in [3.8, 4) is 11.5 Å². The SMILES string of the molecule is CC(CO)(CO)CO.Oc1ccccc1Cc1ccccc1O. The predicted molar refractivity (Wildman–Crippen MR) is 88.4 cm³/mol. The molecule has 0 unspecified atom stereocenters. The van der Waals surface area contributed by atoms with Crippen molar-refractivity contribution in [3.05, 3.63) is 59.7 Å². The lowest BCUT2D eigenvalue weighted by Crippen LogP contribution is -2.29. The van der Waals surface area contributed by atoms with Crippen LogP contribution < -0.4 is 0 Å². The number of aromatic hydroxyl groups is 2. The maximum atomic E-state index is 9.58. The number of phenols is 2. The van der Waals surface area contributed by atoms with Gasteiger partial charge in [-0.25, -0.2) is 0 Å². The Morgan fingerprint density at radius 2 is 1.04 bits per heavy atom. The van der Waals surface area contributed by atoms with E-state index in [4.69, 9.17) is 15.3 Å². The number of aliphatic hydroxyl groups excluding tert-OH is 3. The van der Waals surface area contributed by atoms with Crippen LogP contribution in [-0.2, 0) is 6.42 Å². The van der Waals surface area contributed by atoms with E-state index in [0.717, 1.165) is 11.1 Å². The molecule has 0 amide bonds. The molecule has 23 heavy (non-hydrogen) atoms. The van der Waals surface area contributed by atoms with Gasteiger partial charge < -0.3 is 25.5 Å². The highest BCUT2D eigenvalue weighted by Crippen LogP contribution is 2.24. The molecule has 0 aromatic heterocycles. The van der Waals surface area contributed by atoms with Crippen LogP contribution in [0.4, 0.5) is 0 Å². The Kier molecular flexibility index (Phi) is 7.54. The minimum Gasteiger partial charge on any atom is -0.508 e. The summed E-state index contributed by atoms with van der Waals surface area (Å²) < 4.78 is 0. The molecule has 0 aliphatic carbocycles. The van der Waals surface area contributed by atoms with Gasteiger partial charge in [0.15, 0.2) is 0 Å². The number of phenolic OH excluding ortho intramolecular Hbond substituents is 2. The van der Waals surface area contributed by atoms with Gasteiger partial charge in [-0.1, -0.05) is 43.3 Å². The Labute approximate surface area is 136 Å². The minimum absolute atomic E-state index is 0.181. The summed E-state index contributed by atoms with van der Waals surface area (Å²) >= 11 is 0. The van der Waals surface area contributed by atoms with Gasteiger partial charge in [-0.2, -0.15) is 0 Å². The van der Waals surface area contributed by atoms with Gasteiger partial charge in [-0.3, -0.25) is 0 Å². The quantitative estimate of drug-likeness (QED) is 0.577. The third-order valence-electron chi connectivity index (χ3n) is 3.51. The Balaban J connectivity index is 0.000000284. The molecule has 0 saturated heterocycles. The van der Waals surface area contributed by atoms with E-state index < -0.39 is 5.41 Å². The average Bonchev–Trinajstić information content (AvgIpc) is 2.59. The lowest BCUT2D eigenvalue weighted by molar-refractivity contribution is 0.0200. The smallest absolute Gasteiger partial charge is 0.119 e. The number of rotatable bonds is 5. The highest BCUT2D eigenvalue weighted by atomic mass is 16.3. The molecule has 2 aromatic carbocycles. The Morgan fingerprint density at radius 3 is 1.30 bits per heavy atom. The Bertz CT molecular complexity index is 542. The number of hydrogen-bond acceptors (Lipinski definition) is 5. The number of para-hydroxylation sites is 2. The highest BCUT2D eigenvalue weighted by molar-refractivity contribution is 5.41. The van der Waals surface area contributed by atoms with E-state index in [1.807, 2.05) is 24.3 Å². The molecule has 0 radical (unpaired) electrons. The fraction of sp³-hybridized carbons (Fsp3) is 0.333. The summed E-state index contributed by atoms with van der Waals surface area (Å²) in [6.07, 6.45) is 0.541. The van der Waals surface area contributed by atoms with Gasteiger partial charge in [-0.05, 0) is 23.3 Å². The lowest BCUT2D eigenvalue weighted by atomic mass is 9.95. The van der Waals surface area contributed by atoms with Crippen LogP contribution in [0, 0.1) is 5.41 Å². The maximum absolute atomic E-state index is 9.58. The van der Waals surface area contributed by atoms with E-state index in [2.05, 4.69) is 0 Å². The molecule has 5 heteroatoms. The third kappa shape index (κ3) is 5.90. The van der Waals surface area contributed by atoms with Crippen molar-refractivity contribution in [3.63, 3.8) is 0 Å². The third-order valence-corrected chi connectivity index (χ3v) is 3.51. The molecular weight excluding hydrogens is 296 g/mol. The molecule has 0 aliphatic heterocycles. The van der Waals surface area contributed by atoms with E-state index in [1.165, 1.54) is 0 Å². The van der Waals surface area contributed by atoms with Crippen molar-refractivity contribution in [1.29, 1.82) is 0 Å². The fourth-order valence-electron chi connectivity index (χ4n) is 1.68. The first kappa shape index (κ1) is 19.0. The molecular formula is C18H24O5. The number of benzene rings is 2. The summed E-state index contributed by atoms with van der Waals surface area (Å²) in [5, 5.41) is 44.6.